The van der Waals surface area contributed by atoms with Gasteiger partial charge >= 0.3 is 0 Å². The second-order valence-electron chi connectivity index (χ2n) is 6.24. The highest BCUT2D eigenvalue weighted by molar-refractivity contribution is 14.0. The molecule has 0 spiro atoms. The summed E-state index contributed by atoms with van der Waals surface area (Å²) < 4.78 is 6.84. The summed E-state index contributed by atoms with van der Waals surface area (Å²) in [4.78, 5) is 11.3. The lowest BCUT2D eigenvalue weighted by atomic mass is 10.2. The van der Waals surface area contributed by atoms with Crippen molar-refractivity contribution in [2.24, 2.45) is 4.99 Å². The molecule has 0 saturated heterocycles. The number of guanidine groups is 1. The van der Waals surface area contributed by atoms with E-state index in [1.165, 1.54) is 0 Å². The number of pyridine rings is 1. The van der Waals surface area contributed by atoms with Crippen molar-refractivity contribution >= 4 is 29.9 Å². The molecule has 0 aliphatic heterocycles. The molecule has 0 saturated carbocycles. The molecule has 0 atom stereocenters. The molecule has 0 aromatic carbocycles. The third kappa shape index (κ3) is 8.98. The molecule has 156 valence electrons. The van der Waals surface area contributed by atoms with Gasteiger partial charge in [0.25, 0.3) is 0 Å². The molecule has 28 heavy (non-hydrogen) atoms. The van der Waals surface area contributed by atoms with Crippen molar-refractivity contribution in [1.29, 1.82) is 0 Å². The number of aromatic nitrogens is 3. The molecule has 0 bridgehead atoms. The number of methoxy groups -OCH3 is 1. The normalized spacial score (nSPS) is 11.4. The van der Waals surface area contributed by atoms with Crippen LogP contribution in [0, 0.1) is 0 Å². The molecule has 2 heterocycles. The SMILES string of the molecule is CCNC(=NCc1ccnc(-n2cccn2)c1)NCCN(C)CCCOC.I. The van der Waals surface area contributed by atoms with E-state index < -0.39 is 0 Å². The van der Waals surface area contributed by atoms with Gasteiger partial charge in [0.1, 0.15) is 0 Å². The number of ether oxygens (including phenoxy) is 1. The van der Waals surface area contributed by atoms with E-state index in [9.17, 15) is 0 Å². The molecule has 2 aromatic heterocycles. The van der Waals surface area contributed by atoms with E-state index in [1.807, 2.05) is 24.4 Å². The number of halogens is 1. The van der Waals surface area contributed by atoms with Crippen molar-refractivity contribution in [3.8, 4) is 5.82 Å². The molecule has 2 aromatic rings. The van der Waals surface area contributed by atoms with Crippen LogP contribution in [0.3, 0.4) is 0 Å². The van der Waals surface area contributed by atoms with Gasteiger partial charge in [0.15, 0.2) is 11.8 Å². The average Bonchev–Trinajstić information content (AvgIpc) is 3.21. The molecule has 0 radical (unpaired) electrons. The number of likely N-dealkylation sites (N-methyl/N-ethyl adjacent to an activating group) is 1. The van der Waals surface area contributed by atoms with Crippen LogP contribution in [-0.2, 0) is 11.3 Å². The smallest absolute Gasteiger partial charge is 0.191 e. The van der Waals surface area contributed by atoms with E-state index in [2.05, 4.69) is 44.6 Å². The van der Waals surface area contributed by atoms with Gasteiger partial charge < -0.3 is 20.3 Å². The highest BCUT2D eigenvalue weighted by Crippen LogP contribution is 2.07. The lowest BCUT2D eigenvalue weighted by Crippen LogP contribution is -2.41. The lowest BCUT2D eigenvalue weighted by molar-refractivity contribution is 0.180. The maximum absolute atomic E-state index is 5.09. The Morgan fingerprint density at radius 1 is 1.29 bits per heavy atom. The van der Waals surface area contributed by atoms with Crippen molar-refractivity contribution in [3.63, 3.8) is 0 Å². The molecule has 0 aliphatic carbocycles. The van der Waals surface area contributed by atoms with Crippen LogP contribution in [-0.4, -0.2) is 72.6 Å². The van der Waals surface area contributed by atoms with Crippen molar-refractivity contribution in [3.05, 3.63) is 42.4 Å². The third-order valence-corrected chi connectivity index (χ3v) is 3.99. The number of aliphatic imine (C=N–C) groups is 1. The Balaban J connectivity index is 0.00000392. The minimum absolute atomic E-state index is 0. The first kappa shape index (κ1) is 24.3. The van der Waals surface area contributed by atoms with E-state index in [1.54, 1.807) is 24.2 Å². The summed E-state index contributed by atoms with van der Waals surface area (Å²) in [6.45, 7) is 7.08. The number of nitrogens with zero attached hydrogens (tertiary/aromatic N) is 5. The van der Waals surface area contributed by atoms with E-state index >= 15 is 0 Å². The molecular formula is C19H32IN7O. The Labute approximate surface area is 184 Å². The van der Waals surface area contributed by atoms with Crippen LogP contribution in [0.1, 0.15) is 18.9 Å². The Bertz CT molecular complexity index is 679. The summed E-state index contributed by atoms with van der Waals surface area (Å²) in [5, 5.41) is 10.9. The first-order valence-electron chi connectivity index (χ1n) is 9.37. The van der Waals surface area contributed by atoms with Gasteiger partial charge in [-0.2, -0.15) is 5.10 Å². The zero-order chi connectivity index (χ0) is 19.3. The maximum atomic E-state index is 5.09. The fourth-order valence-corrected chi connectivity index (χ4v) is 2.56. The molecule has 0 fully saturated rings. The van der Waals surface area contributed by atoms with Crippen molar-refractivity contribution in [2.75, 3.05) is 46.9 Å². The molecule has 2 N–H and O–H groups in total. The van der Waals surface area contributed by atoms with Crippen molar-refractivity contribution < 1.29 is 4.74 Å². The molecule has 0 aliphatic rings. The fraction of sp³-hybridized carbons (Fsp3) is 0.526. The van der Waals surface area contributed by atoms with Crippen molar-refractivity contribution in [2.45, 2.75) is 19.9 Å². The number of hydrogen-bond acceptors (Lipinski definition) is 5. The predicted molar refractivity (Wildman–Crippen MR) is 124 cm³/mol. The van der Waals surface area contributed by atoms with Crippen LogP contribution >= 0.6 is 24.0 Å². The average molecular weight is 501 g/mol. The highest BCUT2D eigenvalue weighted by atomic mass is 127. The zero-order valence-corrected chi connectivity index (χ0v) is 19.3. The fourth-order valence-electron chi connectivity index (χ4n) is 2.56. The Hall–Kier alpha value is -1.72. The molecule has 0 amide bonds. The summed E-state index contributed by atoms with van der Waals surface area (Å²) in [5.41, 5.74) is 1.09. The third-order valence-electron chi connectivity index (χ3n) is 3.99. The van der Waals surface area contributed by atoms with Gasteiger partial charge in [-0.25, -0.2) is 14.7 Å². The minimum Gasteiger partial charge on any atom is -0.385 e. The molecule has 0 unspecified atom stereocenters. The quantitative estimate of drug-likeness (QED) is 0.212. The van der Waals surface area contributed by atoms with Gasteiger partial charge in [-0.05, 0) is 44.2 Å². The van der Waals surface area contributed by atoms with E-state index in [0.717, 1.165) is 56.5 Å². The topological polar surface area (TPSA) is 79.6 Å². The number of hydrogen-bond donors (Lipinski definition) is 2. The molecular weight excluding hydrogens is 469 g/mol. The number of rotatable bonds is 11. The van der Waals surface area contributed by atoms with E-state index in [4.69, 9.17) is 4.74 Å². The summed E-state index contributed by atoms with van der Waals surface area (Å²) >= 11 is 0. The van der Waals surface area contributed by atoms with Crippen LogP contribution in [0.25, 0.3) is 5.82 Å². The summed E-state index contributed by atoms with van der Waals surface area (Å²) in [6, 6.07) is 5.86. The number of nitrogens with one attached hydrogen (secondary N) is 2. The van der Waals surface area contributed by atoms with E-state index in [-0.39, 0.29) is 24.0 Å². The van der Waals surface area contributed by atoms with Crippen LogP contribution < -0.4 is 10.6 Å². The Morgan fingerprint density at radius 2 is 2.14 bits per heavy atom. The zero-order valence-electron chi connectivity index (χ0n) is 17.0. The second-order valence-corrected chi connectivity index (χ2v) is 6.24. The lowest BCUT2D eigenvalue weighted by Gasteiger charge is -2.18. The first-order valence-corrected chi connectivity index (χ1v) is 9.37. The van der Waals surface area contributed by atoms with Gasteiger partial charge in [-0.3, -0.25) is 0 Å². The van der Waals surface area contributed by atoms with Gasteiger partial charge in [0, 0.05) is 58.5 Å². The minimum atomic E-state index is 0. The van der Waals surface area contributed by atoms with Gasteiger partial charge in [0.2, 0.25) is 0 Å². The van der Waals surface area contributed by atoms with Crippen LogP contribution in [0.2, 0.25) is 0 Å². The van der Waals surface area contributed by atoms with Gasteiger partial charge in [0.05, 0.1) is 6.54 Å². The van der Waals surface area contributed by atoms with Gasteiger partial charge in [-0.1, -0.05) is 0 Å². The van der Waals surface area contributed by atoms with Crippen LogP contribution in [0.15, 0.2) is 41.8 Å². The molecule has 2 rings (SSSR count). The van der Waals surface area contributed by atoms with Crippen molar-refractivity contribution in [1.82, 2.24) is 30.3 Å². The highest BCUT2D eigenvalue weighted by Gasteiger charge is 2.02. The Kier molecular flexibility index (Phi) is 12.4. The standard InChI is InChI=1S/C19H31N7O.HI/c1-4-20-19(22-10-13-25(2)11-6-14-27-3)23-16-17-7-9-21-18(15-17)26-12-5-8-24-26;/h5,7-9,12,15H,4,6,10-11,13-14,16H2,1-3H3,(H2,20,22,23);1H. The first-order chi connectivity index (χ1) is 13.2. The van der Waals surface area contributed by atoms with Gasteiger partial charge in [-0.15, -0.1) is 24.0 Å². The second kappa shape index (κ2) is 14.3. The largest absolute Gasteiger partial charge is 0.385 e. The van der Waals surface area contributed by atoms with Crippen LogP contribution in [0.4, 0.5) is 0 Å². The summed E-state index contributed by atoms with van der Waals surface area (Å²) in [6.07, 6.45) is 6.45. The predicted octanol–water partition coefficient (Wildman–Crippen LogP) is 1.91. The summed E-state index contributed by atoms with van der Waals surface area (Å²) in [5.74, 6) is 1.61. The Morgan fingerprint density at radius 3 is 2.86 bits per heavy atom. The summed E-state index contributed by atoms with van der Waals surface area (Å²) in [7, 11) is 3.86. The molecule has 9 heteroatoms. The van der Waals surface area contributed by atoms with Crippen LogP contribution in [0.5, 0.6) is 0 Å². The monoisotopic (exact) mass is 501 g/mol. The maximum Gasteiger partial charge on any atom is 0.191 e. The molecule has 8 nitrogen and oxygen atoms in total. The van der Waals surface area contributed by atoms with E-state index in [0.29, 0.717) is 6.54 Å².